The first-order chi connectivity index (χ1) is 17.3. The van der Waals surface area contributed by atoms with Crippen molar-refractivity contribution in [3.05, 3.63) is 95.1 Å². The molecule has 0 aliphatic rings. The number of rotatable bonds is 13. The molecule has 0 heterocycles. The van der Waals surface area contributed by atoms with E-state index < -0.39 is 6.10 Å². The second-order valence-corrected chi connectivity index (χ2v) is 9.63. The van der Waals surface area contributed by atoms with Gasteiger partial charge in [-0.3, -0.25) is 4.79 Å². The van der Waals surface area contributed by atoms with E-state index in [2.05, 4.69) is 19.2 Å². The molecule has 0 fully saturated rings. The van der Waals surface area contributed by atoms with Crippen molar-refractivity contribution < 1.29 is 24.5 Å². The number of esters is 1. The highest BCUT2D eigenvalue weighted by molar-refractivity contribution is 5.72. The zero-order chi connectivity index (χ0) is 26.0. The van der Waals surface area contributed by atoms with E-state index in [1.807, 2.05) is 61.5 Å². The van der Waals surface area contributed by atoms with E-state index in [0.717, 1.165) is 17.5 Å². The number of hydrogen-bond acceptors (Lipinski definition) is 6. The minimum Gasteiger partial charge on any atom is -0.489 e. The monoisotopic (exact) mass is 491 g/mol. The van der Waals surface area contributed by atoms with Crippen LogP contribution in [0.3, 0.4) is 0 Å². The lowest BCUT2D eigenvalue weighted by Crippen LogP contribution is -2.43. The molecule has 0 radical (unpaired) electrons. The molecular weight excluding hydrogens is 454 g/mol. The van der Waals surface area contributed by atoms with Crippen LogP contribution in [-0.2, 0) is 24.4 Å². The summed E-state index contributed by atoms with van der Waals surface area (Å²) in [6.07, 6.45) is 1.08. The summed E-state index contributed by atoms with van der Waals surface area (Å²) >= 11 is 0. The number of hydrogen-bond donors (Lipinski definition) is 3. The van der Waals surface area contributed by atoms with Gasteiger partial charge in [0.2, 0.25) is 0 Å². The van der Waals surface area contributed by atoms with Crippen LogP contribution in [0.15, 0.2) is 72.8 Å². The van der Waals surface area contributed by atoms with E-state index in [-0.39, 0.29) is 18.1 Å². The van der Waals surface area contributed by atoms with E-state index in [0.29, 0.717) is 48.6 Å². The summed E-state index contributed by atoms with van der Waals surface area (Å²) in [5.41, 5.74) is 3.11. The summed E-state index contributed by atoms with van der Waals surface area (Å²) in [6.45, 7) is 6.64. The van der Waals surface area contributed by atoms with Crippen molar-refractivity contribution in [1.29, 1.82) is 0 Å². The fourth-order valence-corrected chi connectivity index (χ4v) is 3.98. The Hall–Kier alpha value is -3.19. The maximum absolute atomic E-state index is 11.8. The normalized spacial score (nSPS) is 12.2. The molecule has 0 aromatic heterocycles. The zero-order valence-corrected chi connectivity index (χ0v) is 21.4. The van der Waals surface area contributed by atoms with E-state index >= 15 is 0 Å². The van der Waals surface area contributed by atoms with Gasteiger partial charge >= 0.3 is 5.97 Å². The summed E-state index contributed by atoms with van der Waals surface area (Å²) in [4.78, 5) is 11.8. The van der Waals surface area contributed by atoms with Gasteiger partial charge in [-0.15, -0.1) is 0 Å². The molecule has 0 saturated carbocycles. The molecule has 3 rings (SSSR count). The first kappa shape index (κ1) is 27.4. The van der Waals surface area contributed by atoms with Crippen molar-refractivity contribution >= 4 is 5.97 Å². The minimum atomic E-state index is -0.751. The van der Waals surface area contributed by atoms with Crippen LogP contribution in [0.25, 0.3) is 0 Å². The molecule has 0 aliphatic heterocycles. The first-order valence-corrected chi connectivity index (χ1v) is 12.4. The number of aliphatic hydroxyl groups is 2. The van der Waals surface area contributed by atoms with Crippen molar-refractivity contribution in [1.82, 2.24) is 5.32 Å². The van der Waals surface area contributed by atoms with Gasteiger partial charge in [-0.1, -0.05) is 55.5 Å². The third-order valence-electron chi connectivity index (χ3n) is 5.88. The summed E-state index contributed by atoms with van der Waals surface area (Å²) in [7, 11) is 0. The fraction of sp³-hybridized carbons (Fsp3) is 0.367. The minimum absolute atomic E-state index is 0.178. The number of ether oxygens (including phenoxy) is 2. The fourth-order valence-electron chi connectivity index (χ4n) is 3.98. The predicted molar refractivity (Wildman–Crippen MR) is 141 cm³/mol. The van der Waals surface area contributed by atoms with Crippen molar-refractivity contribution in [3.8, 4) is 11.5 Å². The molecule has 0 saturated heterocycles. The molecule has 6 nitrogen and oxygen atoms in total. The number of nitrogens with one attached hydrogen (secondary N) is 1. The highest BCUT2D eigenvalue weighted by Gasteiger charge is 2.21. The van der Waals surface area contributed by atoms with Crippen molar-refractivity contribution in [2.24, 2.45) is 0 Å². The molecule has 3 N–H and O–H groups in total. The van der Waals surface area contributed by atoms with Crippen molar-refractivity contribution in [2.45, 2.75) is 64.9 Å². The molecule has 0 bridgehead atoms. The Morgan fingerprint density at radius 1 is 1.00 bits per heavy atom. The first-order valence-electron chi connectivity index (χ1n) is 12.4. The van der Waals surface area contributed by atoms with Crippen molar-refractivity contribution in [2.75, 3.05) is 6.54 Å². The summed E-state index contributed by atoms with van der Waals surface area (Å²) in [5, 5.41) is 24.1. The molecular formula is C30H37NO5. The molecule has 6 heteroatoms. The van der Waals surface area contributed by atoms with E-state index in [1.165, 1.54) is 0 Å². The maximum atomic E-state index is 11.8. The average Bonchev–Trinajstić information content (AvgIpc) is 2.86. The van der Waals surface area contributed by atoms with Gasteiger partial charge in [0.1, 0.15) is 18.1 Å². The summed E-state index contributed by atoms with van der Waals surface area (Å²) in [6, 6.07) is 22.8. The van der Waals surface area contributed by atoms with Gasteiger partial charge in [-0.2, -0.15) is 0 Å². The number of carbonyl (C=O) groups is 1. The molecule has 3 aromatic carbocycles. The Morgan fingerprint density at radius 2 is 1.75 bits per heavy atom. The molecule has 1 atom stereocenters. The molecule has 3 aromatic rings. The van der Waals surface area contributed by atoms with Gasteiger partial charge in [0.25, 0.3) is 0 Å². The van der Waals surface area contributed by atoms with Crippen LogP contribution in [0, 0.1) is 0 Å². The van der Waals surface area contributed by atoms with Crippen LogP contribution in [0.1, 0.15) is 62.0 Å². The summed E-state index contributed by atoms with van der Waals surface area (Å²) < 4.78 is 11.3. The third-order valence-corrected chi connectivity index (χ3v) is 5.88. The van der Waals surface area contributed by atoms with Crippen LogP contribution in [0.2, 0.25) is 0 Å². The predicted octanol–water partition coefficient (Wildman–Crippen LogP) is 5.11. The molecule has 0 unspecified atom stereocenters. The Balaban J connectivity index is 1.57. The van der Waals surface area contributed by atoms with E-state index in [1.54, 1.807) is 18.2 Å². The number of aliphatic hydroxyl groups excluding tert-OH is 2. The quantitative estimate of drug-likeness (QED) is 0.228. The molecule has 36 heavy (non-hydrogen) atoms. The molecule has 0 spiro atoms. The van der Waals surface area contributed by atoms with Gasteiger partial charge < -0.3 is 25.0 Å². The van der Waals surface area contributed by atoms with Crippen LogP contribution < -0.4 is 14.8 Å². The van der Waals surface area contributed by atoms with Gasteiger partial charge in [-0.05, 0) is 67.6 Å². The van der Waals surface area contributed by atoms with Gasteiger partial charge in [0.15, 0.2) is 0 Å². The zero-order valence-electron chi connectivity index (χ0n) is 21.4. The van der Waals surface area contributed by atoms with Gasteiger partial charge in [0, 0.05) is 24.1 Å². The molecule has 192 valence electrons. The van der Waals surface area contributed by atoms with Gasteiger partial charge in [-0.25, -0.2) is 0 Å². The topological polar surface area (TPSA) is 88.0 Å². The molecule has 0 amide bonds. The van der Waals surface area contributed by atoms with Crippen LogP contribution >= 0.6 is 0 Å². The lowest BCUT2D eigenvalue weighted by atomic mass is 9.94. The number of carbonyl (C=O) groups excluding carboxylic acids is 1. The number of β-amino-alcohol motifs (C(OH)–C–C–N with tert-alkyl or cyclic N) is 1. The average molecular weight is 492 g/mol. The van der Waals surface area contributed by atoms with E-state index in [9.17, 15) is 15.0 Å². The second kappa shape index (κ2) is 13.2. The lowest BCUT2D eigenvalue weighted by molar-refractivity contribution is -0.134. The smallest absolute Gasteiger partial charge is 0.311 e. The lowest BCUT2D eigenvalue weighted by Gasteiger charge is -2.28. The van der Waals surface area contributed by atoms with Gasteiger partial charge in [0.05, 0.1) is 12.7 Å². The Labute approximate surface area is 213 Å². The SMILES string of the molecule is CCCC(=O)Oc1cccc(CC(C)(C)NC[C@H](O)c2ccc(OCc3ccccc3)c(CO)c2)c1. The second-order valence-electron chi connectivity index (χ2n) is 9.63. The summed E-state index contributed by atoms with van der Waals surface area (Å²) in [5.74, 6) is 0.923. The van der Waals surface area contributed by atoms with Crippen molar-refractivity contribution in [3.63, 3.8) is 0 Å². The van der Waals surface area contributed by atoms with Crippen LogP contribution in [-0.4, -0.2) is 28.3 Å². The Morgan fingerprint density at radius 3 is 2.47 bits per heavy atom. The molecule has 0 aliphatic carbocycles. The maximum Gasteiger partial charge on any atom is 0.311 e. The standard InChI is InChI=1S/C30H37NO5/c1-4-9-29(34)36-26-13-8-12-23(16-26)18-30(2,3)31-19-27(33)24-14-15-28(25(17-24)20-32)35-21-22-10-6-5-7-11-22/h5-8,10-17,27,31-33H,4,9,18-21H2,1-3H3/t27-/m0/s1. The Bertz CT molecular complexity index is 1110. The highest BCUT2D eigenvalue weighted by atomic mass is 16.5. The Kier molecular flexibility index (Phi) is 10.1. The third kappa shape index (κ3) is 8.48. The van der Waals surface area contributed by atoms with Crippen LogP contribution in [0.5, 0.6) is 11.5 Å². The highest BCUT2D eigenvalue weighted by Crippen LogP contribution is 2.25. The van der Waals surface area contributed by atoms with Crippen LogP contribution in [0.4, 0.5) is 0 Å². The largest absolute Gasteiger partial charge is 0.489 e. The van der Waals surface area contributed by atoms with E-state index in [4.69, 9.17) is 9.47 Å². The number of benzene rings is 3.